The Morgan fingerprint density at radius 1 is 1.00 bits per heavy atom. The molecule has 5 heteroatoms. The largest absolute Gasteiger partial charge is 0.478 e. The number of hydrogen-bond donors (Lipinski definition) is 1. The first-order valence-electron chi connectivity index (χ1n) is 6.27. The van der Waals surface area contributed by atoms with Gasteiger partial charge in [-0.2, -0.15) is 0 Å². The van der Waals surface area contributed by atoms with Crippen LogP contribution in [0.5, 0.6) is 0 Å². The molecule has 2 rings (SSSR count). The number of carbonyl (C=O) groups is 1. The van der Waals surface area contributed by atoms with Gasteiger partial charge in [-0.15, -0.1) is 0 Å². The maximum atomic E-state index is 12.1. The average molecular weight is 302 g/mol. The second-order valence-electron chi connectivity index (χ2n) is 4.42. The van der Waals surface area contributed by atoms with Crippen molar-refractivity contribution in [2.75, 3.05) is 5.75 Å². The maximum absolute atomic E-state index is 12.1. The summed E-state index contributed by atoms with van der Waals surface area (Å²) in [5.41, 5.74) is 0.989. The van der Waals surface area contributed by atoms with E-state index < -0.39 is 15.8 Å². The predicted octanol–water partition coefficient (Wildman–Crippen LogP) is 2.87. The van der Waals surface area contributed by atoms with Crippen molar-refractivity contribution in [2.45, 2.75) is 4.90 Å². The molecule has 0 amide bonds. The number of hydrogen-bond acceptors (Lipinski definition) is 3. The Balaban J connectivity index is 2.11. The Bertz CT molecular complexity index is 745. The minimum absolute atomic E-state index is 0.0637. The molecule has 2 aromatic rings. The molecule has 2 aromatic carbocycles. The first-order chi connectivity index (χ1) is 9.99. The fourth-order valence-corrected chi connectivity index (χ4v) is 2.87. The molecule has 21 heavy (non-hydrogen) atoms. The Morgan fingerprint density at radius 3 is 2.19 bits per heavy atom. The van der Waals surface area contributed by atoms with E-state index in [1.807, 2.05) is 30.3 Å². The van der Waals surface area contributed by atoms with Crippen molar-refractivity contribution in [1.29, 1.82) is 0 Å². The van der Waals surface area contributed by atoms with Crippen LogP contribution in [0.3, 0.4) is 0 Å². The van der Waals surface area contributed by atoms with Crippen molar-refractivity contribution < 1.29 is 18.3 Å². The fourth-order valence-electron chi connectivity index (χ4n) is 1.78. The zero-order valence-electron chi connectivity index (χ0n) is 11.1. The molecular formula is C16H14O4S. The van der Waals surface area contributed by atoms with Crippen LogP contribution in [0.1, 0.15) is 15.9 Å². The summed E-state index contributed by atoms with van der Waals surface area (Å²) in [7, 11) is -3.45. The standard InChI is InChI=1S/C16H14O4S/c17-16(18)14-8-10-15(11-9-14)21(19,20)12-4-7-13-5-2-1-3-6-13/h1-11H,12H2,(H,17,18)/b7-4+. The van der Waals surface area contributed by atoms with Crippen molar-refractivity contribution >= 4 is 21.9 Å². The lowest BCUT2D eigenvalue weighted by atomic mass is 10.2. The molecule has 0 saturated carbocycles. The van der Waals surface area contributed by atoms with Gasteiger partial charge < -0.3 is 5.11 Å². The molecular weight excluding hydrogens is 288 g/mol. The van der Waals surface area contributed by atoms with Crippen LogP contribution in [0.4, 0.5) is 0 Å². The van der Waals surface area contributed by atoms with E-state index in [0.717, 1.165) is 5.56 Å². The Hall–Kier alpha value is -2.40. The van der Waals surface area contributed by atoms with Gasteiger partial charge in [0.05, 0.1) is 16.2 Å². The molecule has 0 aliphatic carbocycles. The lowest BCUT2D eigenvalue weighted by molar-refractivity contribution is 0.0697. The predicted molar refractivity (Wildman–Crippen MR) is 80.9 cm³/mol. The van der Waals surface area contributed by atoms with Gasteiger partial charge in [-0.3, -0.25) is 0 Å². The highest BCUT2D eigenvalue weighted by Crippen LogP contribution is 2.13. The normalized spacial score (nSPS) is 11.6. The van der Waals surface area contributed by atoms with Crippen LogP contribution >= 0.6 is 0 Å². The minimum Gasteiger partial charge on any atom is -0.478 e. The smallest absolute Gasteiger partial charge is 0.335 e. The third kappa shape index (κ3) is 4.03. The van der Waals surface area contributed by atoms with E-state index in [9.17, 15) is 13.2 Å². The number of aromatic carboxylic acids is 1. The van der Waals surface area contributed by atoms with Gasteiger partial charge in [-0.25, -0.2) is 13.2 Å². The number of carboxylic acid groups (broad SMARTS) is 1. The molecule has 0 spiro atoms. The van der Waals surface area contributed by atoms with E-state index in [2.05, 4.69) is 0 Å². The summed E-state index contributed by atoms with van der Waals surface area (Å²) in [5.74, 6) is -1.21. The SMILES string of the molecule is O=C(O)c1ccc(S(=O)(=O)C/C=C/c2ccccc2)cc1. The summed E-state index contributed by atoms with van der Waals surface area (Å²) in [4.78, 5) is 10.8. The third-order valence-electron chi connectivity index (χ3n) is 2.89. The third-order valence-corrected chi connectivity index (χ3v) is 4.51. The lowest BCUT2D eigenvalue weighted by Gasteiger charge is -2.02. The molecule has 0 aliphatic rings. The van der Waals surface area contributed by atoms with E-state index in [4.69, 9.17) is 5.11 Å². The summed E-state index contributed by atoms with van der Waals surface area (Å²) in [6, 6.07) is 14.6. The average Bonchev–Trinajstić information content (AvgIpc) is 2.48. The molecule has 0 heterocycles. The van der Waals surface area contributed by atoms with Gasteiger partial charge in [-0.05, 0) is 29.8 Å². The highest BCUT2D eigenvalue weighted by atomic mass is 32.2. The molecule has 0 aromatic heterocycles. The topological polar surface area (TPSA) is 71.4 Å². The fraction of sp³-hybridized carbons (Fsp3) is 0.0625. The maximum Gasteiger partial charge on any atom is 0.335 e. The zero-order chi connectivity index (χ0) is 15.3. The molecule has 0 radical (unpaired) electrons. The van der Waals surface area contributed by atoms with E-state index in [1.54, 1.807) is 12.2 Å². The molecule has 0 fully saturated rings. The van der Waals surface area contributed by atoms with Crippen molar-refractivity contribution in [3.05, 3.63) is 71.8 Å². The number of rotatable bonds is 5. The van der Waals surface area contributed by atoms with E-state index >= 15 is 0 Å². The van der Waals surface area contributed by atoms with E-state index in [0.29, 0.717) is 0 Å². The Kier molecular flexibility index (Phi) is 4.55. The van der Waals surface area contributed by atoms with Gasteiger partial charge in [0, 0.05) is 0 Å². The van der Waals surface area contributed by atoms with Crippen molar-refractivity contribution in [3.63, 3.8) is 0 Å². The highest BCUT2D eigenvalue weighted by molar-refractivity contribution is 7.91. The molecule has 0 bridgehead atoms. The second-order valence-corrected chi connectivity index (χ2v) is 6.46. The second kappa shape index (κ2) is 6.37. The van der Waals surface area contributed by atoms with Crippen molar-refractivity contribution in [3.8, 4) is 0 Å². The van der Waals surface area contributed by atoms with Crippen LogP contribution < -0.4 is 0 Å². The van der Waals surface area contributed by atoms with Crippen LogP contribution in [-0.2, 0) is 9.84 Å². The van der Waals surface area contributed by atoms with E-state index in [1.165, 1.54) is 24.3 Å². The summed E-state index contributed by atoms with van der Waals surface area (Å²) in [5, 5.41) is 8.79. The van der Waals surface area contributed by atoms with Crippen LogP contribution in [0.2, 0.25) is 0 Å². The Labute approximate surface area is 123 Å². The van der Waals surface area contributed by atoms with Gasteiger partial charge in [0.25, 0.3) is 0 Å². The quantitative estimate of drug-likeness (QED) is 0.922. The Morgan fingerprint density at radius 2 is 1.62 bits per heavy atom. The van der Waals surface area contributed by atoms with Gasteiger partial charge in [0.2, 0.25) is 0 Å². The molecule has 1 N–H and O–H groups in total. The molecule has 0 saturated heterocycles. The van der Waals surface area contributed by atoms with Crippen LogP contribution in [-0.4, -0.2) is 25.2 Å². The molecule has 0 aliphatic heterocycles. The van der Waals surface area contributed by atoms with Gasteiger partial charge in [0.15, 0.2) is 9.84 Å². The lowest BCUT2D eigenvalue weighted by Crippen LogP contribution is -2.05. The van der Waals surface area contributed by atoms with Crippen LogP contribution in [0.15, 0.2) is 65.6 Å². The van der Waals surface area contributed by atoms with E-state index in [-0.39, 0.29) is 16.2 Å². The van der Waals surface area contributed by atoms with Crippen LogP contribution in [0.25, 0.3) is 6.08 Å². The molecule has 0 atom stereocenters. The van der Waals surface area contributed by atoms with Crippen molar-refractivity contribution in [2.24, 2.45) is 0 Å². The number of carboxylic acids is 1. The van der Waals surface area contributed by atoms with Crippen molar-refractivity contribution in [1.82, 2.24) is 0 Å². The minimum atomic E-state index is -3.45. The van der Waals surface area contributed by atoms with Gasteiger partial charge >= 0.3 is 5.97 Å². The molecule has 4 nitrogen and oxygen atoms in total. The van der Waals surface area contributed by atoms with Gasteiger partial charge in [0.1, 0.15) is 0 Å². The first kappa shape index (κ1) is 15.0. The van der Waals surface area contributed by atoms with Crippen LogP contribution in [0, 0.1) is 0 Å². The number of sulfone groups is 1. The highest BCUT2D eigenvalue weighted by Gasteiger charge is 2.13. The zero-order valence-corrected chi connectivity index (χ0v) is 12.0. The number of benzene rings is 2. The summed E-state index contributed by atoms with van der Waals surface area (Å²) >= 11 is 0. The summed E-state index contributed by atoms with van der Waals surface area (Å²) in [6.45, 7) is 0. The monoisotopic (exact) mass is 302 g/mol. The van der Waals surface area contributed by atoms with Gasteiger partial charge in [-0.1, -0.05) is 42.5 Å². The molecule has 0 unspecified atom stereocenters. The molecule has 108 valence electrons. The summed E-state index contributed by atoms with van der Waals surface area (Å²) in [6.07, 6.45) is 3.32. The summed E-state index contributed by atoms with van der Waals surface area (Å²) < 4.78 is 24.2. The first-order valence-corrected chi connectivity index (χ1v) is 7.92.